The summed E-state index contributed by atoms with van der Waals surface area (Å²) in [5.41, 5.74) is -2.85. The Morgan fingerprint density at radius 1 is 0.513 bits per heavy atom. The minimum atomic E-state index is -6.09. The topological polar surface area (TPSA) is 250 Å². The molecular weight excluding hydrogens is 1140 g/mol. The first-order chi connectivity index (χ1) is 34.7. The van der Waals surface area contributed by atoms with Crippen molar-refractivity contribution in [2.75, 3.05) is 13.1 Å². The van der Waals surface area contributed by atoms with E-state index in [-0.39, 0.29) is 34.1 Å². The van der Waals surface area contributed by atoms with Crippen LogP contribution < -0.4 is 0 Å². The van der Waals surface area contributed by atoms with Gasteiger partial charge in [-0.3, -0.25) is 14.6 Å². The van der Waals surface area contributed by atoms with Crippen LogP contribution in [-0.4, -0.2) is 120 Å². The molecule has 0 fully saturated rings. The van der Waals surface area contributed by atoms with Crippen molar-refractivity contribution in [1.29, 1.82) is 0 Å². The summed E-state index contributed by atoms with van der Waals surface area (Å²) in [4.78, 5) is 34.0. The molecule has 29 heteroatoms. The van der Waals surface area contributed by atoms with Gasteiger partial charge in [-0.2, -0.15) is 26.3 Å². The van der Waals surface area contributed by atoms with Crippen LogP contribution in [0.5, 0.6) is 0 Å². The number of nitrogens with zero attached hydrogens (tertiary/aromatic N) is 10. The van der Waals surface area contributed by atoms with Crippen molar-refractivity contribution in [3.8, 4) is 0 Å². The molecule has 0 spiro atoms. The number of aryl methyl sites for hydroxylation is 4. The number of hydrogen-bond donors (Lipinski definition) is 2. The number of imidazole rings is 4. The van der Waals surface area contributed by atoms with E-state index in [1.807, 2.05) is 24.3 Å². The van der Waals surface area contributed by atoms with Crippen LogP contribution in [0.2, 0.25) is 0 Å². The monoisotopic (exact) mass is 1190 g/mol. The molecule has 0 bridgehead atoms. The Morgan fingerprint density at radius 2 is 0.697 bits per heavy atom. The molecule has 8 aromatic rings. The maximum Gasteiger partial charge on any atom is 0.485 e. The molecule has 4 heterocycles. The number of alkyl halides is 6. The fraction of sp³-hybridized carbons (Fsp3) is 0.383. The number of para-hydroxylation sites is 8. The molecule has 4 aromatic heterocycles. The number of carbonyl (C=O) groups is 1. The number of carboxylic acids is 1. The molecule has 4 aromatic carbocycles. The van der Waals surface area contributed by atoms with Crippen molar-refractivity contribution >= 4 is 70.3 Å². The number of carboxylic acid groups (broad SMARTS) is 1. The number of halogens is 6. The second-order valence-corrected chi connectivity index (χ2v) is 19.1. The van der Waals surface area contributed by atoms with E-state index in [2.05, 4.69) is 129 Å². The van der Waals surface area contributed by atoms with Gasteiger partial charge in [0.15, 0.2) is 20.2 Å². The SMILES string of the molecule is CC(=O)O.CCn1c(CN(Cc2nc3ccccc3n2CC)CC(O)CN(Cc2nc3ccccc3n2CC)Cc2nc3ccccc3n2CC)nc2ccccc21.O=S(=O)([O-])C(F)(F)F.O=S(=O)([O-])C(F)(F)F.[Mn].[Mn]. The van der Waals surface area contributed by atoms with Gasteiger partial charge in [0, 0.05) is 80.3 Å². The average Bonchev–Trinajstić information content (AvgIpc) is 4.06. The summed E-state index contributed by atoms with van der Waals surface area (Å²) in [6, 6.07) is 33.3. The Bertz CT molecular complexity index is 3020. The summed E-state index contributed by atoms with van der Waals surface area (Å²) in [6.45, 7) is 16.1. The zero-order valence-electron chi connectivity index (χ0n) is 41.5. The van der Waals surface area contributed by atoms with Gasteiger partial charge in [-0.05, 0) is 76.2 Å². The molecule has 416 valence electrons. The third-order valence-electron chi connectivity index (χ3n) is 11.2. The largest absolute Gasteiger partial charge is 0.741 e. The van der Waals surface area contributed by atoms with Crippen LogP contribution in [0.15, 0.2) is 97.1 Å². The number of aliphatic hydroxyl groups is 1. The number of hydrogen-bond acceptors (Lipinski definition) is 14. The number of fused-ring (bicyclic) bond motifs is 4. The van der Waals surface area contributed by atoms with Gasteiger partial charge in [0.2, 0.25) is 0 Å². The standard InChI is InChI=1S/C43H50N10O.C2H4O2.2CHF3O3S.2Mn/c1-5-50-36-21-13-9-17-32(36)44-40(50)27-48(28-41-45-33-18-10-14-22-37(33)51(41)6-2)25-31(54)26-49(29-42-46-34-19-11-15-23-38(34)52(42)7-3)30-43-47-35-20-12-16-24-39(35)53(43)8-4;1-2(3)4;2*2-1(3,4)8(5,6)7;;/h9-24,31,54H,5-8,25-30H2,1-4H3;1H3,(H,3,4);2*(H,5,6,7);;/p-2. The second kappa shape index (κ2) is 27.7. The summed E-state index contributed by atoms with van der Waals surface area (Å²) in [7, 11) is -12.2. The fourth-order valence-electron chi connectivity index (χ4n) is 8.22. The summed E-state index contributed by atoms with van der Waals surface area (Å²) >= 11 is 0. The van der Waals surface area contributed by atoms with E-state index in [0.717, 1.165) is 101 Å². The van der Waals surface area contributed by atoms with Crippen LogP contribution in [0, 0.1) is 0 Å². The van der Waals surface area contributed by atoms with Crippen LogP contribution in [0.4, 0.5) is 26.3 Å². The second-order valence-electron chi connectivity index (χ2n) is 16.4. The minimum absolute atomic E-state index is 0. The molecule has 0 amide bonds. The average molecular weight is 1190 g/mol. The smallest absolute Gasteiger partial charge is 0.485 e. The molecule has 0 aliphatic rings. The number of aromatic nitrogens is 8. The van der Waals surface area contributed by atoms with E-state index in [1.165, 1.54) is 0 Å². The summed E-state index contributed by atoms with van der Waals surface area (Å²) in [6.07, 6.45) is -0.678. The van der Waals surface area contributed by atoms with Crippen LogP contribution in [-0.2, 0) is 112 Å². The van der Waals surface area contributed by atoms with Crippen molar-refractivity contribution in [3.63, 3.8) is 0 Å². The molecule has 2 radical (unpaired) electrons. The Kier molecular flexibility index (Phi) is 23.7. The van der Waals surface area contributed by atoms with E-state index in [0.29, 0.717) is 39.3 Å². The molecule has 2 N–H and O–H groups in total. The zero-order valence-corrected chi connectivity index (χ0v) is 45.4. The Balaban J connectivity index is 0.000000589. The van der Waals surface area contributed by atoms with Gasteiger partial charge in [-0.1, -0.05) is 48.5 Å². The first-order valence-electron chi connectivity index (χ1n) is 22.8. The Morgan fingerprint density at radius 3 is 0.868 bits per heavy atom. The van der Waals surface area contributed by atoms with Crippen molar-refractivity contribution < 1.29 is 101 Å². The molecule has 76 heavy (non-hydrogen) atoms. The normalized spacial score (nSPS) is 12.0. The zero-order chi connectivity index (χ0) is 54.8. The molecular formula is C47H54F6Mn2N10O9S2-2. The van der Waals surface area contributed by atoms with Gasteiger partial charge in [-0.25, -0.2) is 36.8 Å². The summed E-state index contributed by atoms with van der Waals surface area (Å²) in [5, 5.41) is 19.6. The molecule has 8 rings (SSSR count). The minimum Gasteiger partial charge on any atom is -0.741 e. The predicted molar refractivity (Wildman–Crippen MR) is 261 cm³/mol. The molecule has 0 saturated heterocycles. The van der Waals surface area contributed by atoms with Gasteiger partial charge in [0.1, 0.15) is 23.3 Å². The maximum absolute atomic E-state index is 12.2. The van der Waals surface area contributed by atoms with Crippen molar-refractivity contribution in [1.82, 2.24) is 48.0 Å². The fourth-order valence-corrected chi connectivity index (χ4v) is 8.22. The predicted octanol–water partition coefficient (Wildman–Crippen LogP) is 7.42. The summed E-state index contributed by atoms with van der Waals surface area (Å²) < 4.78 is 127. The third-order valence-corrected chi connectivity index (χ3v) is 12.3. The molecule has 0 aliphatic carbocycles. The van der Waals surface area contributed by atoms with E-state index in [9.17, 15) is 31.4 Å². The first kappa shape index (κ1) is 64.8. The van der Waals surface area contributed by atoms with Gasteiger partial charge < -0.3 is 37.6 Å². The first-order valence-corrected chi connectivity index (χ1v) is 25.7. The van der Waals surface area contributed by atoms with Crippen molar-refractivity contribution in [2.45, 2.75) is 104 Å². The molecule has 0 unspecified atom stereocenters. The van der Waals surface area contributed by atoms with Crippen LogP contribution >= 0.6 is 0 Å². The molecule has 0 saturated carbocycles. The number of benzene rings is 4. The quantitative estimate of drug-likeness (QED) is 0.0413. The van der Waals surface area contributed by atoms with Crippen LogP contribution in [0.1, 0.15) is 57.9 Å². The van der Waals surface area contributed by atoms with E-state index in [1.54, 1.807) is 0 Å². The number of rotatable bonds is 16. The number of aliphatic hydroxyl groups excluding tert-OH is 1. The maximum atomic E-state index is 12.2. The Labute approximate surface area is 455 Å². The van der Waals surface area contributed by atoms with Gasteiger partial charge in [-0.15, -0.1) is 0 Å². The van der Waals surface area contributed by atoms with Gasteiger partial charge in [0.25, 0.3) is 5.97 Å². The molecule has 19 nitrogen and oxygen atoms in total. The van der Waals surface area contributed by atoms with Crippen LogP contribution in [0.3, 0.4) is 0 Å². The van der Waals surface area contributed by atoms with Crippen molar-refractivity contribution in [3.05, 3.63) is 120 Å². The molecule has 0 aliphatic heterocycles. The van der Waals surface area contributed by atoms with Gasteiger partial charge in [0.05, 0.1) is 76.4 Å². The third kappa shape index (κ3) is 16.8. The Hall–Kier alpha value is -5.45. The van der Waals surface area contributed by atoms with E-state index < -0.39 is 43.3 Å². The van der Waals surface area contributed by atoms with Gasteiger partial charge >= 0.3 is 11.0 Å². The summed E-state index contributed by atoms with van der Waals surface area (Å²) in [5.74, 6) is 3.09. The van der Waals surface area contributed by atoms with E-state index in [4.69, 9.17) is 55.8 Å². The van der Waals surface area contributed by atoms with E-state index >= 15 is 0 Å². The van der Waals surface area contributed by atoms with Crippen LogP contribution in [0.25, 0.3) is 44.1 Å². The molecule has 0 atom stereocenters. The number of aliphatic carboxylic acids is 1. The van der Waals surface area contributed by atoms with Crippen molar-refractivity contribution in [2.24, 2.45) is 0 Å².